The first-order valence-electron chi connectivity index (χ1n) is 5.74. The normalized spacial score (nSPS) is 10.8. The van der Waals surface area contributed by atoms with Gasteiger partial charge in [0.05, 0.1) is 15.7 Å². The lowest BCUT2D eigenvalue weighted by atomic mass is 10.2. The third-order valence-corrected chi connectivity index (χ3v) is 3.67. The van der Waals surface area contributed by atoms with E-state index in [0.29, 0.717) is 20.6 Å². The highest BCUT2D eigenvalue weighted by atomic mass is 79.9. The highest BCUT2D eigenvalue weighted by Gasteiger charge is 2.06. The monoisotopic (exact) mass is 386 g/mol. The number of nitrogens with one attached hydrogen (secondary N) is 1. The van der Waals surface area contributed by atoms with E-state index in [4.69, 9.17) is 23.2 Å². The molecule has 0 aromatic heterocycles. The van der Waals surface area contributed by atoms with Crippen molar-refractivity contribution in [3.05, 3.63) is 62.0 Å². The van der Waals surface area contributed by atoms with Gasteiger partial charge < -0.3 is 5.11 Å². The number of hydrogen-bond acceptors (Lipinski definition) is 3. The quantitative estimate of drug-likeness (QED) is 0.611. The van der Waals surface area contributed by atoms with Gasteiger partial charge in [-0.25, -0.2) is 5.43 Å². The van der Waals surface area contributed by atoms with Gasteiger partial charge in [0.15, 0.2) is 0 Å². The second kappa shape index (κ2) is 6.93. The van der Waals surface area contributed by atoms with E-state index in [2.05, 4.69) is 26.5 Å². The number of carbonyl (C=O) groups is 1. The molecular weight excluding hydrogens is 379 g/mol. The van der Waals surface area contributed by atoms with Gasteiger partial charge in [-0.15, -0.1) is 0 Å². The molecule has 0 saturated carbocycles. The molecule has 0 fully saturated rings. The van der Waals surface area contributed by atoms with E-state index >= 15 is 0 Å². The molecular formula is C14H9BrCl2N2O2. The van der Waals surface area contributed by atoms with E-state index in [-0.39, 0.29) is 16.7 Å². The molecule has 0 atom stereocenters. The number of carbonyl (C=O) groups excluding carboxylic acids is 1. The Hall–Kier alpha value is -1.56. The molecule has 2 rings (SSSR count). The Labute approximate surface area is 139 Å². The molecule has 2 N–H and O–H groups in total. The highest BCUT2D eigenvalue weighted by molar-refractivity contribution is 9.10. The maximum atomic E-state index is 11.8. The van der Waals surface area contributed by atoms with E-state index in [0.717, 1.165) is 0 Å². The van der Waals surface area contributed by atoms with Gasteiger partial charge in [0.2, 0.25) is 0 Å². The standard InChI is InChI=1S/C14H9BrCl2N2O2/c15-11-5-8(6-12(17)13(11)20)7-18-19-14(21)9-1-3-10(16)4-2-9/h1-7,20H,(H,19,21)/b18-7-. The molecule has 4 nitrogen and oxygen atoms in total. The minimum Gasteiger partial charge on any atom is -0.505 e. The number of rotatable bonds is 3. The summed E-state index contributed by atoms with van der Waals surface area (Å²) in [5.74, 6) is -0.397. The van der Waals surface area contributed by atoms with Gasteiger partial charge >= 0.3 is 0 Å². The molecule has 0 unspecified atom stereocenters. The molecule has 0 radical (unpaired) electrons. The van der Waals surface area contributed by atoms with Gasteiger partial charge in [-0.3, -0.25) is 4.79 Å². The van der Waals surface area contributed by atoms with Crippen LogP contribution in [-0.2, 0) is 0 Å². The van der Waals surface area contributed by atoms with Gasteiger partial charge in [0.1, 0.15) is 5.75 Å². The van der Waals surface area contributed by atoms with Crippen molar-refractivity contribution in [1.82, 2.24) is 5.43 Å². The van der Waals surface area contributed by atoms with Gasteiger partial charge in [0.25, 0.3) is 5.91 Å². The molecule has 108 valence electrons. The molecule has 0 aliphatic heterocycles. The Morgan fingerprint density at radius 3 is 2.52 bits per heavy atom. The van der Waals surface area contributed by atoms with E-state index in [1.54, 1.807) is 30.3 Å². The molecule has 2 aromatic rings. The number of aromatic hydroxyl groups is 1. The van der Waals surface area contributed by atoms with E-state index < -0.39 is 0 Å². The smallest absolute Gasteiger partial charge is 0.271 e. The lowest BCUT2D eigenvalue weighted by Gasteiger charge is -2.02. The second-order valence-electron chi connectivity index (χ2n) is 4.04. The molecule has 1 amide bonds. The maximum Gasteiger partial charge on any atom is 0.271 e. The predicted octanol–water partition coefficient (Wildman–Crippen LogP) is 4.23. The third kappa shape index (κ3) is 4.20. The zero-order valence-corrected chi connectivity index (χ0v) is 13.6. The number of halogens is 3. The topological polar surface area (TPSA) is 61.7 Å². The number of phenols is 1. The van der Waals surface area contributed by atoms with Crippen LogP contribution in [0.3, 0.4) is 0 Å². The van der Waals surface area contributed by atoms with Crippen LogP contribution in [-0.4, -0.2) is 17.2 Å². The zero-order valence-electron chi connectivity index (χ0n) is 10.5. The van der Waals surface area contributed by atoms with Crippen LogP contribution < -0.4 is 5.43 Å². The average Bonchev–Trinajstić information content (AvgIpc) is 2.45. The lowest BCUT2D eigenvalue weighted by Crippen LogP contribution is -2.17. The van der Waals surface area contributed by atoms with Crippen molar-refractivity contribution in [3.8, 4) is 5.75 Å². The summed E-state index contributed by atoms with van der Waals surface area (Å²) in [6, 6.07) is 9.59. The van der Waals surface area contributed by atoms with Crippen LogP contribution in [0.15, 0.2) is 46.0 Å². The van der Waals surface area contributed by atoms with Crippen LogP contribution in [0, 0.1) is 0 Å². The van der Waals surface area contributed by atoms with E-state index in [1.165, 1.54) is 12.3 Å². The summed E-state index contributed by atoms with van der Waals surface area (Å²) in [6.07, 6.45) is 1.42. The summed E-state index contributed by atoms with van der Waals surface area (Å²) < 4.78 is 0.445. The first kappa shape index (κ1) is 15.8. The summed E-state index contributed by atoms with van der Waals surface area (Å²) in [6.45, 7) is 0. The number of phenolic OH excluding ortho intramolecular Hbond substituents is 1. The van der Waals surface area contributed by atoms with Crippen LogP contribution in [0.2, 0.25) is 10.0 Å². The summed E-state index contributed by atoms with van der Waals surface area (Å²) in [5.41, 5.74) is 3.46. The molecule has 0 aliphatic rings. The predicted molar refractivity (Wildman–Crippen MR) is 87.3 cm³/mol. The van der Waals surface area contributed by atoms with Crippen LogP contribution in [0.5, 0.6) is 5.75 Å². The van der Waals surface area contributed by atoms with Crippen molar-refractivity contribution in [2.75, 3.05) is 0 Å². The fraction of sp³-hybridized carbons (Fsp3) is 0. The summed E-state index contributed by atoms with van der Waals surface area (Å²) in [5, 5.41) is 14.1. The molecule has 0 spiro atoms. The number of hydrazone groups is 1. The van der Waals surface area contributed by atoms with Gasteiger partial charge in [-0.1, -0.05) is 23.2 Å². The first-order chi connectivity index (χ1) is 9.97. The molecule has 0 heterocycles. The average molecular weight is 388 g/mol. The number of hydrogen-bond donors (Lipinski definition) is 2. The summed E-state index contributed by atoms with van der Waals surface area (Å²) in [4.78, 5) is 11.8. The molecule has 21 heavy (non-hydrogen) atoms. The second-order valence-corrected chi connectivity index (χ2v) is 5.74. The van der Waals surface area contributed by atoms with Crippen molar-refractivity contribution in [2.45, 2.75) is 0 Å². The fourth-order valence-electron chi connectivity index (χ4n) is 1.49. The highest BCUT2D eigenvalue weighted by Crippen LogP contribution is 2.32. The molecule has 0 aliphatic carbocycles. The molecule has 0 bridgehead atoms. The van der Waals surface area contributed by atoms with Crippen molar-refractivity contribution in [3.63, 3.8) is 0 Å². The third-order valence-electron chi connectivity index (χ3n) is 2.53. The lowest BCUT2D eigenvalue weighted by molar-refractivity contribution is 0.0955. The maximum absolute atomic E-state index is 11.8. The SMILES string of the molecule is O=C(N/N=C\c1cc(Cl)c(O)c(Br)c1)c1ccc(Cl)cc1. The van der Waals surface area contributed by atoms with Crippen LogP contribution in [0.25, 0.3) is 0 Å². The van der Waals surface area contributed by atoms with Crippen molar-refractivity contribution < 1.29 is 9.90 Å². The van der Waals surface area contributed by atoms with Crippen molar-refractivity contribution in [1.29, 1.82) is 0 Å². The molecule has 2 aromatic carbocycles. The fourth-order valence-corrected chi connectivity index (χ4v) is 2.44. The Morgan fingerprint density at radius 2 is 1.90 bits per heavy atom. The van der Waals surface area contributed by atoms with Crippen molar-refractivity contribution >= 4 is 51.3 Å². The summed E-state index contributed by atoms with van der Waals surface area (Å²) >= 11 is 14.7. The molecule has 7 heteroatoms. The Kier molecular flexibility index (Phi) is 5.22. The van der Waals surface area contributed by atoms with Gasteiger partial charge in [-0.2, -0.15) is 5.10 Å². The minimum absolute atomic E-state index is 0.0426. The van der Waals surface area contributed by atoms with Crippen LogP contribution >= 0.6 is 39.1 Å². The first-order valence-corrected chi connectivity index (χ1v) is 7.29. The number of benzene rings is 2. The minimum atomic E-state index is -0.355. The van der Waals surface area contributed by atoms with E-state index in [1.807, 2.05) is 0 Å². The zero-order chi connectivity index (χ0) is 15.4. The number of amides is 1. The van der Waals surface area contributed by atoms with Crippen LogP contribution in [0.1, 0.15) is 15.9 Å². The van der Waals surface area contributed by atoms with Crippen LogP contribution in [0.4, 0.5) is 0 Å². The Balaban J connectivity index is 2.05. The van der Waals surface area contributed by atoms with Crippen molar-refractivity contribution in [2.24, 2.45) is 5.10 Å². The molecule has 0 saturated heterocycles. The Bertz CT molecular complexity index is 680. The Morgan fingerprint density at radius 1 is 1.24 bits per heavy atom. The number of nitrogens with zero attached hydrogens (tertiary/aromatic N) is 1. The summed E-state index contributed by atoms with van der Waals surface area (Å²) in [7, 11) is 0. The van der Waals surface area contributed by atoms with Gasteiger partial charge in [-0.05, 0) is 57.9 Å². The van der Waals surface area contributed by atoms with E-state index in [9.17, 15) is 9.90 Å². The van der Waals surface area contributed by atoms with Gasteiger partial charge in [0, 0.05) is 10.6 Å². The largest absolute Gasteiger partial charge is 0.505 e.